The van der Waals surface area contributed by atoms with Crippen LogP contribution in [0.15, 0.2) is 21.8 Å². The van der Waals surface area contributed by atoms with Crippen LogP contribution in [0, 0.1) is 0 Å². The van der Waals surface area contributed by atoms with Gasteiger partial charge in [0.05, 0.1) is 6.61 Å². The van der Waals surface area contributed by atoms with Crippen molar-refractivity contribution in [3.63, 3.8) is 0 Å². The molecule has 4 nitrogen and oxygen atoms in total. The van der Waals surface area contributed by atoms with Crippen LogP contribution in [0.4, 0.5) is 0 Å². The van der Waals surface area contributed by atoms with Gasteiger partial charge in [-0.05, 0) is 28.3 Å². The highest BCUT2D eigenvalue weighted by Gasteiger charge is 2.06. The molecule has 0 aliphatic heterocycles. The summed E-state index contributed by atoms with van der Waals surface area (Å²) in [6.45, 7) is 4.53. The fourth-order valence-electron chi connectivity index (χ4n) is 1.42. The van der Waals surface area contributed by atoms with Gasteiger partial charge in [0, 0.05) is 27.2 Å². The van der Waals surface area contributed by atoms with Crippen LogP contribution in [0.3, 0.4) is 0 Å². The lowest BCUT2D eigenvalue weighted by Gasteiger charge is -2.15. The maximum atomic E-state index is 4.98. The molecule has 0 bridgehead atoms. The summed E-state index contributed by atoms with van der Waals surface area (Å²) in [5, 5.41) is 10.8. The van der Waals surface area contributed by atoms with Crippen LogP contribution < -0.4 is 10.6 Å². The second-order valence-corrected chi connectivity index (χ2v) is 4.61. The van der Waals surface area contributed by atoms with E-state index in [1.165, 1.54) is 5.56 Å². The predicted octanol–water partition coefficient (Wildman–Crippen LogP) is 1.66. The average Bonchev–Trinajstić information content (AvgIpc) is 2.87. The number of ether oxygens (including phenoxy) is 1. The minimum Gasteiger partial charge on any atom is -0.383 e. The Morgan fingerprint density at radius 2 is 2.35 bits per heavy atom. The topological polar surface area (TPSA) is 45.7 Å². The van der Waals surface area contributed by atoms with Crippen LogP contribution in [0.2, 0.25) is 0 Å². The van der Waals surface area contributed by atoms with Gasteiger partial charge in [0.1, 0.15) is 0 Å². The average molecular weight is 255 g/mol. The molecular formula is C12H21N3OS. The number of guanidine groups is 1. The van der Waals surface area contributed by atoms with Crippen LogP contribution in [-0.2, 0) is 4.74 Å². The molecule has 0 aliphatic rings. The zero-order chi connectivity index (χ0) is 12.5. The molecule has 17 heavy (non-hydrogen) atoms. The van der Waals surface area contributed by atoms with E-state index in [-0.39, 0.29) is 0 Å². The first-order valence-electron chi connectivity index (χ1n) is 5.73. The zero-order valence-corrected chi connectivity index (χ0v) is 11.5. The molecule has 1 atom stereocenters. The number of hydrogen-bond donors (Lipinski definition) is 2. The van der Waals surface area contributed by atoms with Crippen molar-refractivity contribution in [2.45, 2.75) is 12.8 Å². The maximum Gasteiger partial charge on any atom is 0.191 e. The van der Waals surface area contributed by atoms with E-state index in [9.17, 15) is 0 Å². The molecule has 2 N–H and O–H groups in total. The molecule has 1 aromatic rings. The Hall–Kier alpha value is -1.07. The first-order chi connectivity index (χ1) is 8.27. The summed E-state index contributed by atoms with van der Waals surface area (Å²) in [6, 6.07) is 2.16. The van der Waals surface area contributed by atoms with Gasteiger partial charge in [-0.25, -0.2) is 0 Å². The summed E-state index contributed by atoms with van der Waals surface area (Å²) < 4.78 is 4.98. The molecule has 1 aromatic heterocycles. The molecule has 0 fully saturated rings. The van der Waals surface area contributed by atoms with Crippen LogP contribution in [0.5, 0.6) is 0 Å². The largest absolute Gasteiger partial charge is 0.383 e. The van der Waals surface area contributed by atoms with Gasteiger partial charge in [0.15, 0.2) is 5.96 Å². The van der Waals surface area contributed by atoms with E-state index in [0.717, 1.165) is 19.0 Å². The normalized spacial score (nSPS) is 13.5. The third kappa shape index (κ3) is 5.19. The molecule has 1 unspecified atom stereocenters. The Morgan fingerprint density at radius 3 is 2.94 bits per heavy atom. The first-order valence-corrected chi connectivity index (χ1v) is 6.67. The minimum atomic E-state index is 0.488. The van der Waals surface area contributed by atoms with Gasteiger partial charge in [0.2, 0.25) is 0 Å². The fourth-order valence-corrected chi connectivity index (χ4v) is 2.20. The molecule has 0 aromatic carbocycles. The number of thiophene rings is 1. The molecule has 0 aliphatic carbocycles. The maximum absolute atomic E-state index is 4.98. The number of nitrogens with zero attached hydrogens (tertiary/aromatic N) is 1. The summed E-state index contributed by atoms with van der Waals surface area (Å²) in [4.78, 5) is 4.15. The minimum absolute atomic E-state index is 0.488. The molecule has 0 radical (unpaired) electrons. The van der Waals surface area contributed by atoms with Crippen LogP contribution in [0.25, 0.3) is 0 Å². The lowest BCUT2D eigenvalue weighted by molar-refractivity contribution is 0.203. The lowest BCUT2D eigenvalue weighted by Crippen LogP contribution is -2.40. The second-order valence-electron chi connectivity index (χ2n) is 3.83. The Morgan fingerprint density at radius 1 is 1.53 bits per heavy atom. The van der Waals surface area contributed by atoms with Crippen molar-refractivity contribution in [3.8, 4) is 0 Å². The lowest BCUT2D eigenvalue weighted by atomic mass is 10.1. The predicted molar refractivity (Wildman–Crippen MR) is 74.0 cm³/mol. The highest BCUT2D eigenvalue weighted by molar-refractivity contribution is 7.07. The third-order valence-electron chi connectivity index (χ3n) is 2.51. The summed E-state index contributed by atoms with van der Waals surface area (Å²) in [7, 11) is 3.47. The van der Waals surface area contributed by atoms with E-state index in [2.05, 4.69) is 39.4 Å². The molecule has 0 saturated carbocycles. The Bertz CT molecular complexity index is 325. The molecular weight excluding hydrogens is 234 g/mol. The van der Waals surface area contributed by atoms with E-state index in [4.69, 9.17) is 4.74 Å². The van der Waals surface area contributed by atoms with Gasteiger partial charge >= 0.3 is 0 Å². The van der Waals surface area contributed by atoms with Crippen LogP contribution in [0.1, 0.15) is 18.4 Å². The smallest absolute Gasteiger partial charge is 0.191 e. The third-order valence-corrected chi connectivity index (χ3v) is 3.21. The molecule has 0 amide bonds. The van der Waals surface area contributed by atoms with Crippen molar-refractivity contribution in [2.24, 2.45) is 4.99 Å². The van der Waals surface area contributed by atoms with Crippen molar-refractivity contribution in [1.29, 1.82) is 0 Å². The number of methoxy groups -OCH3 is 1. The fraction of sp³-hybridized carbons (Fsp3) is 0.583. The van der Waals surface area contributed by atoms with E-state index in [1.807, 2.05) is 0 Å². The number of rotatable bonds is 6. The van der Waals surface area contributed by atoms with Gasteiger partial charge < -0.3 is 15.4 Å². The van der Waals surface area contributed by atoms with Gasteiger partial charge in [-0.15, -0.1) is 0 Å². The molecule has 0 saturated heterocycles. The van der Waals surface area contributed by atoms with E-state index < -0.39 is 0 Å². The van der Waals surface area contributed by atoms with Gasteiger partial charge in [0.25, 0.3) is 0 Å². The molecule has 96 valence electrons. The molecule has 1 rings (SSSR count). The number of nitrogens with one attached hydrogen (secondary N) is 2. The summed E-state index contributed by atoms with van der Waals surface area (Å²) in [6.07, 6.45) is 0. The number of hydrogen-bond acceptors (Lipinski definition) is 3. The van der Waals surface area contributed by atoms with Crippen molar-refractivity contribution in [1.82, 2.24) is 10.6 Å². The molecule has 0 spiro atoms. The molecule has 5 heteroatoms. The van der Waals surface area contributed by atoms with Crippen molar-refractivity contribution < 1.29 is 4.74 Å². The van der Waals surface area contributed by atoms with Gasteiger partial charge in [-0.3, -0.25) is 4.99 Å². The highest BCUT2D eigenvalue weighted by Crippen LogP contribution is 2.16. The monoisotopic (exact) mass is 255 g/mol. The first kappa shape index (κ1) is 14.0. The summed E-state index contributed by atoms with van der Waals surface area (Å²) in [5.74, 6) is 1.31. The van der Waals surface area contributed by atoms with E-state index in [0.29, 0.717) is 12.5 Å². The quantitative estimate of drug-likeness (QED) is 0.462. The Labute approximate surface area is 107 Å². The SMILES string of the molecule is CN=C(NCCOC)NCC(C)c1ccsc1. The van der Waals surface area contributed by atoms with E-state index in [1.54, 1.807) is 25.5 Å². The Kier molecular flexibility index (Phi) is 6.65. The highest BCUT2D eigenvalue weighted by atomic mass is 32.1. The van der Waals surface area contributed by atoms with Crippen LogP contribution in [-0.4, -0.2) is 39.8 Å². The Balaban J connectivity index is 2.28. The van der Waals surface area contributed by atoms with Crippen LogP contribution >= 0.6 is 11.3 Å². The summed E-state index contributed by atoms with van der Waals surface area (Å²) in [5.41, 5.74) is 1.37. The summed E-state index contributed by atoms with van der Waals surface area (Å²) >= 11 is 1.73. The van der Waals surface area contributed by atoms with Gasteiger partial charge in [-0.1, -0.05) is 6.92 Å². The number of aliphatic imine (C=N–C) groups is 1. The van der Waals surface area contributed by atoms with Crippen molar-refractivity contribution in [2.75, 3.05) is 33.9 Å². The van der Waals surface area contributed by atoms with E-state index >= 15 is 0 Å². The van der Waals surface area contributed by atoms with Gasteiger partial charge in [-0.2, -0.15) is 11.3 Å². The van der Waals surface area contributed by atoms with Crippen molar-refractivity contribution in [3.05, 3.63) is 22.4 Å². The standard InChI is InChI=1S/C12H21N3OS/c1-10(11-4-7-17-9-11)8-15-12(13-2)14-5-6-16-3/h4,7,9-10H,5-6,8H2,1-3H3,(H2,13,14,15). The van der Waals surface area contributed by atoms with Crippen molar-refractivity contribution >= 4 is 17.3 Å². The second kappa shape index (κ2) is 8.08. The molecule has 1 heterocycles. The zero-order valence-electron chi connectivity index (χ0n) is 10.7.